The van der Waals surface area contributed by atoms with E-state index in [1.165, 1.54) is 11.1 Å². The van der Waals surface area contributed by atoms with Crippen molar-refractivity contribution in [2.24, 2.45) is 11.8 Å². The van der Waals surface area contributed by atoms with Gasteiger partial charge < -0.3 is 33.9 Å². The first-order valence-corrected chi connectivity index (χ1v) is 21.0. The number of nitrogens with one attached hydrogen (secondary N) is 1. The Hall–Kier alpha value is -5.10. The number of nitrogens with zero attached hydrogens (tertiary/aromatic N) is 3. The summed E-state index contributed by atoms with van der Waals surface area (Å²) in [5, 5.41) is 2.76. The number of hydrogen-bond donors (Lipinski definition) is 1. The molecule has 58 heavy (non-hydrogen) atoms. The van der Waals surface area contributed by atoms with Crippen LogP contribution in [0.3, 0.4) is 0 Å². The molecule has 0 radical (unpaired) electrons. The summed E-state index contributed by atoms with van der Waals surface area (Å²) in [6.45, 7) is 9.61. The Kier molecular flexibility index (Phi) is 13.1. The van der Waals surface area contributed by atoms with E-state index in [2.05, 4.69) is 63.6 Å². The summed E-state index contributed by atoms with van der Waals surface area (Å²) in [6.07, 6.45) is 3.61. The molecule has 306 valence electrons. The Balaban J connectivity index is 0.000000164. The number of hydrogen-bond acceptors (Lipinski definition) is 9. The van der Waals surface area contributed by atoms with Crippen LogP contribution >= 0.6 is 0 Å². The second-order valence-electron chi connectivity index (χ2n) is 15.9. The van der Waals surface area contributed by atoms with E-state index in [4.69, 9.17) is 23.7 Å². The quantitative estimate of drug-likeness (QED) is 0.217. The maximum atomic E-state index is 12.7. The summed E-state index contributed by atoms with van der Waals surface area (Å²) in [5.74, 6) is 4.06. The molecular weight excluding hydrogens is 733 g/mol. The first-order valence-electron chi connectivity index (χ1n) is 21.0. The van der Waals surface area contributed by atoms with Crippen LogP contribution in [0.2, 0.25) is 0 Å². The molecule has 4 aromatic rings. The van der Waals surface area contributed by atoms with Crippen molar-refractivity contribution in [2.45, 2.75) is 51.0 Å². The molecule has 11 heteroatoms. The second kappa shape index (κ2) is 19.1. The van der Waals surface area contributed by atoms with E-state index in [1.54, 1.807) is 7.05 Å². The lowest BCUT2D eigenvalue weighted by Crippen LogP contribution is -2.46. The zero-order chi connectivity index (χ0) is 39.7. The monoisotopic (exact) mass is 788 g/mol. The van der Waals surface area contributed by atoms with Crippen LogP contribution in [0.1, 0.15) is 60.1 Å². The minimum atomic E-state index is -0.0779. The van der Waals surface area contributed by atoms with Gasteiger partial charge in [-0.3, -0.25) is 19.4 Å². The summed E-state index contributed by atoms with van der Waals surface area (Å²) in [5.41, 5.74) is 4.84. The van der Waals surface area contributed by atoms with E-state index in [9.17, 15) is 9.59 Å². The van der Waals surface area contributed by atoms with Crippen LogP contribution in [0.4, 0.5) is 0 Å². The summed E-state index contributed by atoms with van der Waals surface area (Å²) >= 11 is 0. The van der Waals surface area contributed by atoms with Crippen molar-refractivity contribution >= 4 is 11.8 Å². The molecule has 0 aromatic heterocycles. The zero-order valence-corrected chi connectivity index (χ0v) is 33.6. The molecule has 5 aliphatic rings. The molecule has 0 saturated carbocycles. The Labute approximate surface area is 342 Å². The van der Waals surface area contributed by atoms with Gasteiger partial charge in [0.2, 0.25) is 11.8 Å². The first kappa shape index (κ1) is 39.7. The summed E-state index contributed by atoms with van der Waals surface area (Å²) in [4.78, 5) is 31.3. The van der Waals surface area contributed by atoms with Crippen molar-refractivity contribution in [3.63, 3.8) is 0 Å². The smallest absolute Gasteiger partial charge is 0.225 e. The van der Waals surface area contributed by atoms with Crippen LogP contribution in [0, 0.1) is 11.8 Å². The Morgan fingerprint density at radius 3 is 1.45 bits per heavy atom. The highest BCUT2D eigenvalue weighted by molar-refractivity contribution is 5.79. The largest absolute Gasteiger partial charge is 0.485 e. The van der Waals surface area contributed by atoms with Crippen LogP contribution < -0.4 is 24.3 Å². The van der Waals surface area contributed by atoms with Crippen LogP contribution in [0.15, 0.2) is 97.1 Å². The topological polar surface area (TPSA) is 102 Å². The second-order valence-corrected chi connectivity index (χ2v) is 15.9. The average molecular weight is 789 g/mol. The Morgan fingerprint density at radius 2 is 1.00 bits per heavy atom. The lowest BCUT2D eigenvalue weighted by molar-refractivity contribution is -0.141. The molecular formula is C47H56N4O7. The molecule has 3 saturated heterocycles. The maximum Gasteiger partial charge on any atom is 0.225 e. The number of amides is 2. The molecule has 0 spiro atoms. The van der Waals surface area contributed by atoms with Gasteiger partial charge in [-0.15, -0.1) is 0 Å². The van der Waals surface area contributed by atoms with Gasteiger partial charge in [0, 0.05) is 45.1 Å². The number of carbonyl (C=O) groups excluding carboxylic acids is 2. The molecule has 2 amide bonds. The van der Waals surface area contributed by atoms with Crippen LogP contribution in [0.5, 0.6) is 23.0 Å². The minimum Gasteiger partial charge on any atom is -0.485 e. The van der Waals surface area contributed by atoms with Gasteiger partial charge in [-0.2, -0.15) is 0 Å². The number of ether oxygens (including phenoxy) is 5. The SMILES string of the molecule is CNC(=O)C1CCN(Cc2ccc([C@H]3COc4ccccc4O3)cc2)CC1.O=C(C1CCN(Cc2ccc([C@H]3COc4ccccc4O3)cc2)CC1)N1CCOCC1. The molecule has 2 atom stereocenters. The molecule has 0 bridgehead atoms. The van der Waals surface area contributed by atoms with Gasteiger partial charge in [-0.25, -0.2) is 0 Å². The molecule has 3 fully saturated rings. The van der Waals surface area contributed by atoms with Gasteiger partial charge in [0.05, 0.1) is 13.2 Å². The fourth-order valence-corrected chi connectivity index (χ4v) is 8.50. The number of rotatable bonds is 8. The number of carbonyl (C=O) groups is 2. The van der Waals surface area contributed by atoms with Gasteiger partial charge in [-0.05, 0) is 98.4 Å². The Bertz CT molecular complexity index is 1950. The lowest BCUT2D eigenvalue weighted by atomic mass is 9.94. The molecule has 0 aliphatic carbocycles. The number of para-hydroxylation sites is 4. The molecule has 9 rings (SSSR count). The van der Waals surface area contributed by atoms with Crippen molar-refractivity contribution in [2.75, 3.05) is 72.7 Å². The number of likely N-dealkylation sites (tertiary alicyclic amines) is 2. The van der Waals surface area contributed by atoms with E-state index >= 15 is 0 Å². The fraction of sp³-hybridized carbons (Fsp3) is 0.447. The predicted molar refractivity (Wildman–Crippen MR) is 221 cm³/mol. The summed E-state index contributed by atoms with van der Waals surface area (Å²) < 4.78 is 29.2. The van der Waals surface area contributed by atoms with Crippen molar-refractivity contribution < 1.29 is 33.3 Å². The van der Waals surface area contributed by atoms with Crippen molar-refractivity contribution in [3.05, 3.63) is 119 Å². The molecule has 5 heterocycles. The number of piperidine rings is 2. The van der Waals surface area contributed by atoms with E-state index in [1.807, 2.05) is 53.4 Å². The minimum absolute atomic E-state index is 0.0720. The van der Waals surface area contributed by atoms with Gasteiger partial charge >= 0.3 is 0 Å². The van der Waals surface area contributed by atoms with E-state index in [0.717, 1.165) is 112 Å². The van der Waals surface area contributed by atoms with Crippen LogP contribution in [-0.4, -0.2) is 99.3 Å². The highest BCUT2D eigenvalue weighted by atomic mass is 16.6. The third-order valence-corrected chi connectivity index (χ3v) is 12.0. The zero-order valence-electron chi connectivity index (χ0n) is 33.6. The van der Waals surface area contributed by atoms with Gasteiger partial charge in [0.25, 0.3) is 0 Å². The maximum absolute atomic E-state index is 12.7. The third kappa shape index (κ3) is 9.94. The van der Waals surface area contributed by atoms with Gasteiger partial charge in [0.1, 0.15) is 13.2 Å². The van der Waals surface area contributed by atoms with E-state index in [0.29, 0.717) is 32.3 Å². The van der Waals surface area contributed by atoms with Gasteiger partial charge in [-0.1, -0.05) is 72.8 Å². The molecule has 1 N–H and O–H groups in total. The Morgan fingerprint density at radius 1 is 0.569 bits per heavy atom. The highest BCUT2D eigenvalue weighted by Gasteiger charge is 2.30. The van der Waals surface area contributed by atoms with Gasteiger partial charge in [0.15, 0.2) is 35.2 Å². The number of benzene rings is 4. The highest BCUT2D eigenvalue weighted by Crippen LogP contribution is 2.37. The van der Waals surface area contributed by atoms with Crippen molar-refractivity contribution in [1.29, 1.82) is 0 Å². The molecule has 11 nitrogen and oxygen atoms in total. The molecule has 0 unspecified atom stereocenters. The third-order valence-electron chi connectivity index (χ3n) is 12.0. The molecule has 4 aromatic carbocycles. The fourth-order valence-electron chi connectivity index (χ4n) is 8.50. The van der Waals surface area contributed by atoms with E-state index < -0.39 is 0 Å². The normalized spacial score (nSPS) is 21.4. The van der Waals surface area contributed by atoms with Crippen LogP contribution in [0.25, 0.3) is 0 Å². The summed E-state index contributed by atoms with van der Waals surface area (Å²) in [7, 11) is 1.72. The first-order chi connectivity index (χ1) is 28.5. The van der Waals surface area contributed by atoms with E-state index in [-0.39, 0.29) is 30.0 Å². The van der Waals surface area contributed by atoms with Crippen molar-refractivity contribution in [3.8, 4) is 23.0 Å². The lowest BCUT2D eigenvalue weighted by Gasteiger charge is -2.35. The average Bonchev–Trinajstić information content (AvgIpc) is 3.30. The summed E-state index contributed by atoms with van der Waals surface area (Å²) in [6, 6.07) is 32.9. The number of fused-ring (bicyclic) bond motifs is 2. The predicted octanol–water partition coefficient (Wildman–Crippen LogP) is 6.43. The van der Waals surface area contributed by atoms with Crippen molar-refractivity contribution in [1.82, 2.24) is 20.0 Å². The van der Waals surface area contributed by atoms with Crippen LogP contribution in [-0.2, 0) is 27.4 Å². The molecule has 5 aliphatic heterocycles. The number of morpholine rings is 1. The standard InChI is InChI=1S/C25H30N2O4.C22H26N2O3/c28-25(27-13-15-29-16-14-27)21-9-11-26(12-10-21)17-19-5-7-20(8-6-19)24-18-30-22-3-1-2-4-23(22)31-24;1-23-22(25)18-10-12-24(13-11-18)14-16-6-8-17(9-7-16)21-15-26-19-4-2-3-5-20(19)27-21/h1-8,21,24H,9-18H2;2-9,18,21H,10-15H2,1H3,(H,23,25)/t24-;21-/m11/s1.